The normalized spacial score (nSPS) is 17.3. The molecule has 0 radical (unpaired) electrons. The summed E-state index contributed by atoms with van der Waals surface area (Å²) in [6, 6.07) is 6.51. The largest absolute Gasteiger partial charge is 0.493 e. The number of aryl methyl sites for hydroxylation is 1. The number of nitrogens with two attached hydrogens (primary N) is 1. The van der Waals surface area contributed by atoms with Crippen LogP contribution in [-0.2, 0) is 9.16 Å². The Bertz CT molecular complexity index is 1790. The number of hydrogen-bond acceptors (Lipinski definition) is 9. The van der Waals surface area contributed by atoms with E-state index in [9.17, 15) is 14.4 Å². The summed E-state index contributed by atoms with van der Waals surface area (Å²) < 4.78 is 29.5. The quantitative estimate of drug-likeness (QED) is 0.0748. The zero-order valence-corrected chi connectivity index (χ0v) is 35.0. The first kappa shape index (κ1) is 43.0. The van der Waals surface area contributed by atoms with Gasteiger partial charge in [0.25, 0.3) is 11.8 Å². The zero-order valence-electron chi connectivity index (χ0n) is 34.0. The molecule has 0 bridgehead atoms. The van der Waals surface area contributed by atoms with Crippen LogP contribution in [0.3, 0.4) is 0 Å². The number of anilines is 2. The van der Waals surface area contributed by atoms with Crippen LogP contribution in [0.1, 0.15) is 79.7 Å². The third-order valence-electron chi connectivity index (χ3n) is 10.6. The molecule has 0 unspecified atom stereocenters. The molecule has 0 saturated carbocycles. The lowest BCUT2D eigenvalue weighted by atomic mass is 10.1. The summed E-state index contributed by atoms with van der Waals surface area (Å²) in [5.41, 5.74) is 10.3. The molecule has 12 nitrogen and oxygen atoms in total. The van der Waals surface area contributed by atoms with E-state index in [-0.39, 0.29) is 54.4 Å². The van der Waals surface area contributed by atoms with Crippen LogP contribution in [0.2, 0.25) is 18.1 Å². The van der Waals surface area contributed by atoms with Crippen LogP contribution in [0.15, 0.2) is 61.2 Å². The number of hydrogen-bond donors (Lipinski definition) is 2. The number of benzene rings is 2. The molecule has 0 aromatic heterocycles. The highest BCUT2D eigenvalue weighted by molar-refractivity contribution is 6.74. The summed E-state index contributed by atoms with van der Waals surface area (Å²) in [5, 5.41) is 2.76. The molecule has 0 spiro atoms. The topological polar surface area (TPSA) is 142 Å². The van der Waals surface area contributed by atoms with Crippen molar-refractivity contribution in [3.8, 4) is 17.2 Å². The van der Waals surface area contributed by atoms with Gasteiger partial charge in [0, 0.05) is 43.4 Å². The Hall–Kier alpha value is -4.75. The van der Waals surface area contributed by atoms with Crippen molar-refractivity contribution in [2.75, 3.05) is 57.7 Å². The molecular weight excluding hydrogens is 717 g/mol. The predicted octanol–water partition coefficient (Wildman–Crippen LogP) is 8.14. The Kier molecular flexibility index (Phi) is 14.3. The van der Waals surface area contributed by atoms with E-state index in [1.165, 1.54) is 13.2 Å². The van der Waals surface area contributed by atoms with Gasteiger partial charge < -0.3 is 38.9 Å². The van der Waals surface area contributed by atoms with E-state index in [1.54, 1.807) is 29.2 Å². The fourth-order valence-electron chi connectivity index (χ4n) is 6.44. The highest BCUT2D eigenvalue weighted by Crippen LogP contribution is 2.38. The van der Waals surface area contributed by atoms with Crippen molar-refractivity contribution in [1.29, 1.82) is 0 Å². The van der Waals surface area contributed by atoms with Crippen LogP contribution in [0.4, 0.5) is 16.2 Å². The third-order valence-corrected chi connectivity index (χ3v) is 15.1. The van der Waals surface area contributed by atoms with E-state index >= 15 is 0 Å². The Morgan fingerprint density at radius 2 is 1.53 bits per heavy atom. The second kappa shape index (κ2) is 18.3. The van der Waals surface area contributed by atoms with Gasteiger partial charge in [-0.2, -0.15) is 0 Å². The molecule has 13 heteroatoms. The molecule has 3 amide bonds. The molecule has 2 saturated heterocycles. The molecule has 2 aliphatic heterocycles. The third kappa shape index (κ3) is 10.5. The first-order valence-corrected chi connectivity index (χ1v) is 21.8. The van der Waals surface area contributed by atoms with Crippen LogP contribution in [0.5, 0.6) is 17.2 Å². The minimum atomic E-state index is -2.07. The molecule has 2 heterocycles. The van der Waals surface area contributed by atoms with Gasteiger partial charge in [-0.1, -0.05) is 64.7 Å². The maximum absolute atomic E-state index is 14.2. The summed E-state index contributed by atoms with van der Waals surface area (Å²) in [5.74, 6) is 0.889. The number of likely N-dealkylation sites (tertiary alicyclic amines) is 2. The molecule has 55 heavy (non-hydrogen) atoms. The van der Waals surface area contributed by atoms with Gasteiger partial charge in [0.2, 0.25) is 0 Å². The van der Waals surface area contributed by atoms with Crippen molar-refractivity contribution in [1.82, 2.24) is 9.80 Å². The van der Waals surface area contributed by atoms with Gasteiger partial charge in [-0.25, -0.2) is 4.79 Å². The van der Waals surface area contributed by atoms with E-state index in [4.69, 9.17) is 29.1 Å². The van der Waals surface area contributed by atoms with Gasteiger partial charge in [0.15, 0.2) is 19.8 Å². The molecule has 4 rings (SSSR count). The second-order valence-electron chi connectivity index (χ2n) is 15.9. The standard InChI is InChI=1S/C42H60N4O8Si/c1-12-15-53-41(49)44-35-23-36(29(5)20-33(35)40(48)46-25-28(4)19-31(46)26-54-55(10,11)42(6,7)8)51-16-14-17-52-38-22-34(43)32(21-37(38)50-9)39(47)45-24-27(3)18-30(45)13-2/h12,20-23,30-31H,1,3-4,13-19,24-26,43H2,2,5-11H3,(H,44,49)/t30-,31+/m1/s1. The average molecular weight is 777 g/mol. The number of rotatable bonds is 16. The van der Waals surface area contributed by atoms with Crippen LogP contribution >= 0.6 is 0 Å². The smallest absolute Gasteiger partial charge is 0.411 e. The van der Waals surface area contributed by atoms with Crippen molar-refractivity contribution < 1.29 is 37.8 Å². The van der Waals surface area contributed by atoms with E-state index < -0.39 is 14.4 Å². The Morgan fingerprint density at radius 3 is 2.13 bits per heavy atom. The number of nitrogen functional groups attached to an aromatic ring is 1. The van der Waals surface area contributed by atoms with Crippen LogP contribution in [0.25, 0.3) is 0 Å². The summed E-state index contributed by atoms with van der Waals surface area (Å²) in [4.78, 5) is 44.0. The highest BCUT2D eigenvalue weighted by atomic mass is 28.4. The molecule has 2 aromatic carbocycles. The molecule has 0 aliphatic carbocycles. The van der Waals surface area contributed by atoms with Crippen molar-refractivity contribution in [2.24, 2.45) is 0 Å². The minimum Gasteiger partial charge on any atom is -0.493 e. The fourth-order valence-corrected chi connectivity index (χ4v) is 7.48. The lowest BCUT2D eigenvalue weighted by molar-refractivity contribution is 0.0685. The number of nitrogens with one attached hydrogen (secondary N) is 1. The number of carbonyl (C=O) groups excluding carboxylic acids is 3. The molecule has 2 atom stereocenters. The molecule has 3 N–H and O–H groups in total. The molecule has 300 valence electrons. The fraction of sp³-hybridized carbons (Fsp3) is 0.500. The van der Waals surface area contributed by atoms with Gasteiger partial charge in [-0.3, -0.25) is 14.9 Å². The number of ether oxygens (including phenoxy) is 4. The lowest BCUT2D eigenvalue weighted by Crippen LogP contribution is -2.46. The van der Waals surface area contributed by atoms with Gasteiger partial charge in [0.1, 0.15) is 12.4 Å². The Labute approximate surface area is 327 Å². The Morgan fingerprint density at radius 1 is 0.927 bits per heavy atom. The minimum absolute atomic E-state index is 0.00648. The van der Waals surface area contributed by atoms with Crippen molar-refractivity contribution >= 4 is 37.6 Å². The molecular formula is C42H60N4O8Si. The number of carbonyl (C=O) groups is 3. The summed E-state index contributed by atoms with van der Waals surface area (Å²) >= 11 is 0. The second-order valence-corrected chi connectivity index (χ2v) is 20.7. The Balaban J connectivity index is 1.45. The van der Waals surface area contributed by atoms with E-state index in [0.29, 0.717) is 72.2 Å². The predicted molar refractivity (Wildman–Crippen MR) is 220 cm³/mol. The summed E-state index contributed by atoms with van der Waals surface area (Å²) in [7, 11) is -0.550. The first-order valence-electron chi connectivity index (χ1n) is 18.9. The van der Waals surface area contributed by atoms with Gasteiger partial charge in [-0.05, 0) is 62.0 Å². The van der Waals surface area contributed by atoms with E-state index in [0.717, 1.165) is 24.0 Å². The SMILES string of the molecule is C=CCOC(=O)Nc1cc(OCCCOc2cc(N)c(C(=O)N3CC(=C)C[C@H]3CC)cc2OC)c(C)cc1C(=O)N1CC(=C)C[C@H]1CO[Si](C)(C)C(C)(C)C. The maximum Gasteiger partial charge on any atom is 0.411 e. The number of amides is 3. The van der Waals surface area contributed by atoms with E-state index in [1.807, 2.05) is 11.8 Å². The summed E-state index contributed by atoms with van der Waals surface area (Å²) in [6.45, 7) is 28.5. The lowest BCUT2D eigenvalue weighted by Gasteiger charge is -2.38. The van der Waals surface area contributed by atoms with Gasteiger partial charge in [-0.15, -0.1) is 0 Å². The zero-order chi connectivity index (χ0) is 40.7. The van der Waals surface area contributed by atoms with E-state index in [2.05, 4.69) is 65.8 Å². The van der Waals surface area contributed by atoms with Crippen LogP contribution in [-0.4, -0.2) is 94.7 Å². The molecule has 2 aliphatic rings. The van der Waals surface area contributed by atoms with Gasteiger partial charge in [0.05, 0.1) is 49.8 Å². The van der Waals surface area contributed by atoms with Gasteiger partial charge >= 0.3 is 6.09 Å². The molecule has 2 aromatic rings. The monoisotopic (exact) mass is 776 g/mol. The van der Waals surface area contributed by atoms with Crippen molar-refractivity contribution in [3.05, 3.63) is 77.9 Å². The highest BCUT2D eigenvalue weighted by Gasteiger charge is 2.40. The number of nitrogens with zero attached hydrogens (tertiary/aromatic N) is 2. The van der Waals surface area contributed by atoms with Crippen molar-refractivity contribution in [3.63, 3.8) is 0 Å². The first-order chi connectivity index (χ1) is 25.9. The van der Waals surface area contributed by atoms with Crippen LogP contribution < -0.4 is 25.3 Å². The maximum atomic E-state index is 14.2. The summed E-state index contributed by atoms with van der Waals surface area (Å²) in [6.07, 6.45) is 3.48. The van der Waals surface area contributed by atoms with Crippen LogP contribution in [0, 0.1) is 6.92 Å². The van der Waals surface area contributed by atoms with Crippen molar-refractivity contribution in [2.45, 2.75) is 90.5 Å². The number of methoxy groups -OCH3 is 1. The average Bonchev–Trinajstić information content (AvgIpc) is 3.70. The molecule has 2 fully saturated rings.